The van der Waals surface area contributed by atoms with Crippen LogP contribution in [0.4, 0.5) is 10.6 Å². The number of anilines is 1. The normalized spacial score (nSPS) is 9.79. The number of benzene rings is 1. The number of rotatable bonds is 3. The number of hydrogen-bond donors (Lipinski definition) is 1. The average molecular weight is 279 g/mol. The van der Waals surface area contributed by atoms with E-state index in [1.165, 1.54) is 13.3 Å². The molecule has 98 valence electrons. The van der Waals surface area contributed by atoms with Crippen LogP contribution in [0.25, 0.3) is 0 Å². The molecule has 1 aromatic heterocycles. The maximum atomic E-state index is 11.6. The molecule has 0 radical (unpaired) electrons. The van der Waals surface area contributed by atoms with Crippen LogP contribution in [0.15, 0.2) is 42.6 Å². The number of aromatic nitrogens is 1. The van der Waals surface area contributed by atoms with Gasteiger partial charge in [-0.2, -0.15) is 0 Å². The van der Waals surface area contributed by atoms with E-state index in [2.05, 4.69) is 10.3 Å². The number of halogens is 1. The van der Waals surface area contributed by atoms with Crippen LogP contribution in [0, 0.1) is 0 Å². The summed E-state index contributed by atoms with van der Waals surface area (Å²) in [6, 6.07) is 9.72. The fraction of sp³-hybridized carbons (Fsp3) is 0.0769. The molecule has 0 bridgehead atoms. The minimum Gasteiger partial charge on any atom is -0.497 e. The van der Waals surface area contributed by atoms with E-state index in [-0.39, 0.29) is 0 Å². The molecule has 0 saturated heterocycles. The summed E-state index contributed by atoms with van der Waals surface area (Å²) in [4.78, 5) is 15.6. The minimum atomic E-state index is -0.636. The lowest BCUT2D eigenvalue weighted by molar-refractivity contribution is 0.215. The molecule has 0 spiro atoms. The molecule has 0 unspecified atom stereocenters. The van der Waals surface area contributed by atoms with Gasteiger partial charge < -0.3 is 9.47 Å². The van der Waals surface area contributed by atoms with Crippen LogP contribution in [-0.4, -0.2) is 18.2 Å². The molecule has 2 aromatic rings. The van der Waals surface area contributed by atoms with E-state index in [4.69, 9.17) is 21.1 Å². The molecule has 0 atom stereocenters. The van der Waals surface area contributed by atoms with E-state index in [0.717, 1.165) is 0 Å². The van der Waals surface area contributed by atoms with Crippen LogP contribution >= 0.6 is 11.6 Å². The van der Waals surface area contributed by atoms with Crippen LogP contribution in [0.1, 0.15) is 0 Å². The number of nitrogens with zero attached hydrogens (tertiary/aromatic N) is 1. The Kier molecular flexibility index (Phi) is 4.20. The number of carbonyl (C=O) groups is 1. The summed E-state index contributed by atoms with van der Waals surface area (Å²) in [6.45, 7) is 0. The van der Waals surface area contributed by atoms with Gasteiger partial charge in [-0.25, -0.2) is 9.78 Å². The van der Waals surface area contributed by atoms with Gasteiger partial charge in [0, 0.05) is 17.3 Å². The fourth-order valence-corrected chi connectivity index (χ4v) is 1.47. The van der Waals surface area contributed by atoms with Crippen molar-refractivity contribution in [1.82, 2.24) is 4.98 Å². The Morgan fingerprint density at radius 2 is 1.95 bits per heavy atom. The Hall–Kier alpha value is -2.27. The molecular formula is C13H11ClN2O3. The van der Waals surface area contributed by atoms with Gasteiger partial charge in [-0.05, 0) is 30.3 Å². The van der Waals surface area contributed by atoms with Crippen LogP contribution in [0.2, 0.25) is 5.02 Å². The van der Waals surface area contributed by atoms with Crippen molar-refractivity contribution in [3.63, 3.8) is 0 Å². The van der Waals surface area contributed by atoms with Crippen molar-refractivity contribution in [2.24, 2.45) is 0 Å². The third kappa shape index (κ3) is 3.86. The summed E-state index contributed by atoms with van der Waals surface area (Å²) in [7, 11) is 1.53. The molecular weight excluding hydrogens is 268 g/mol. The van der Waals surface area contributed by atoms with Gasteiger partial charge in [0.15, 0.2) is 0 Å². The number of pyridine rings is 1. The van der Waals surface area contributed by atoms with Crippen molar-refractivity contribution in [2.75, 3.05) is 12.4 Å². The second kappa shape index (κ2) is 6.06. The smallest absolute Gasteiger partial charge is 0.418 e. The van der Waals surface area contributed by atoms with Gasteiger partial charge in [-0.1, -0.05) is 11.6 Å². The Labute approximate surface area is 115 Å². The lowest BCUT2D eigenvalue weighted by atomic mass is 10.3. The fourth-order valence-electron chi connectivity index (χ4n) is 1.35. The van der Waals surface area contributed by atoms with Gasteiger partial charge in [0.05, 0.1) is 7.11 Å². The van der Waals surface area contributed by atoms with Crippen molar-refractivity contribution in [2.45, 2.75) is 0 Å². The van der Waals surface area contributed by atoms with Crippen molar-refractivity contribution in [3.05, 3.63) is 47.6 Å². The first kappa shape index (κ1) is 13.2. The van der Waals surface area contributed by atoms with Crippen molar-refractivity contribution in [1.29, 1.82) is 0 Å². The number of nitrogens with one attached hydrogen (secondary N) is 1. The highest BCUT2D eigenvalue weighted by Gasteiger charge is 2.06. The molecule has 0 aliphatic heterocycles. The molecule has 0 saturated carbocycles. The van der Waals surface area contributed by atoms with E-state index in [9.17, 15) is 4.79 Å². The van der Waals surface area contributed by atoms with Crippen LogP contribution in [0.5, 0.6) is 11.5 Å². The zero-order valence-corrected chi connectivity index (χ0v) is 10.8. The summed E-state index contributed by atoms with van der Waals surface area (Å²) < 4.78 is 10.1. The minimum absolute atomic E-state index is 0.346. The highest BCUT2D eigenvalue weighted by Crippen LogP contribution is 2.17. The SMILES string of the molecule is COc1ccnc(NC(=O)Oc2ccc(Cl)cc2)c1. The first-order valence-corrected chi connectivity index (χ1v) is 5.79. The molecule has 0 aliphatic rings. The van der Waals surface area contributed by atoms with E-state index < -0.39 is 6.09 Å². The first-order valence-electron chi connectivity index (χ1n) is 5.42. The summed E-state index contributed by atoms with van der Waals surface area (Å²) >= 11 is 5.73. The summed E-state index contributed by atoms with van der Waals surface area (Å²) in [5.41, 5.74) is 0. The molecule has 2 rings (SSSR count). The number of carbonyl (C=O) groups excluding carboxylic acids is 1. The Bertz CT molecular complexity index is 572. The maximum absolute atomic E-state index is 11.6. The zero-order chi connectivity index (χ0) is 13.7. The Morgan fingerprint density at radius 3 is 2.63 bits per heavy atom. The molecule has 0 fully saturated rings. The highest BCUT2D eigenvalue weighted by atomic mass is 35.5. The summed E-state index contributed by atoms with van der Waals surface area (Å²) in [6.07, 6.45) is 0.888. The van der Waals surface area contributed by atoms with E-state index in [1.807, 2.05) is 0 Å². The zero-order valence-electron chi connectivity index (χ0n) is 10.1. The topological polar surface area (TPSA) is 60.5 Å². The molecule has 6 heteroatoms. The molecule has 1 aromatic carbocycles. The lowest BCUT2D eigenvalue weighted by Gasteiger charge is -2.07. The first-order chi connectivity index (χ1) is 9.17. The van der Waals surface area contributed by atoms with E-state index in [0.29, 0.717) is 22.3 Å². The summed E-state index contributed by atoms with van der Waals surface area (Å²) in [5.74, 6) is 1.33. The van der Waals surface area contributed by atoms with Gasteiger partial charge in [-0.3, -0.25) is 5.32 Å². The number of ether oxygens (including phenoxy) is 2. The second-order valence-electron chi connectivity index (χ2n) is 3.55. The van der Waals surface area contributed by atoms with Crippen molar-refractivity contribution in [3.8, 4) is 11.5 Å². The highest BCUT2D eigenvalue weighted by molar-refractivity contribution is 6.30. The quantitative estimate of drug-likeness (QED) is 0.935. The molecule has 1 amide bonds. The predicted octanol–water partition coefficient (Wildman–Crippen LogP) is 3.35. The van der Waals surface area contributed by atoms with Crippen LogP contribution < -0.4 is 14.8 Å². The maximum Gasteiger partial charge on any atom is 0.418 e. The van der Waals surface area contributed by atoms with E-state index >= 15 is 0 Å². The number of amides is 1. The summed E-state index contributed by atoms with van der Waals surface area (Å²) in [5, 5.41) is 3.07. The molecule has 0 aliphatic carbocycles. The van der Waals surface area contributed by atoms with Crippen LogP contribution in [0.3, 0.4) is 0 Å². The molecule has 1 heterocycles. The average Bonchev–Trinajstić information content (AvgIpc) is 2.41. The number of methoxy groups -OCH3 is 1. The van der Waals surface area contributed by atoms with Gasteiger partial charge in [0.2, 0.25) is 0 Å². The second-order valence-corrected chi connectivity index (χ2v) is 3.99. The monoisotopic (exact) mass is 278 g/mol. The Balaban J connectivity index is 1.99. The van der Waals surface area contributed by atoms with Gasteiger partial charge in [0.1, 0.15) is 17.3 Å². The van der Waals surface area contributed by atoms with Gasteiger partial charge in [0.25, 0.3) is 0 Å². The molecule has 1 N–H and O–H groups in total. The predicted molar refractivity (Wildman–Crippen MR) is 71.9 cm³/mol. The Morgan fingerprint density at radius 1 is 1.21 bits per heavy atom. The van der Waals surface area contributed by atoms with Gasteiger partial charge >= 0.3 is 6.09 Å². The van der Waals surface area contributed by atoms with Crippen molar-refractivity contribution >= 4 is 23.5 Å². The number of hydrogen-bond acceptors (Lipinski definition) is 4. The van der Waals surface area contributed by atoms with Gasteiger partial charge in [-0.15, -0.1) is 0 Å². The third-order valence-electron chi connectivity index (χ3n) is 2.22. The largest absolute Gasteiger partial charge is 0.497 e. The third-order valence-corrected chi connectivity index (χ3v) is 2.47. The standard InChI is InChI=1S/C13H11ClN2O3/c1-18-11-6-7-15-12(8-11)16-13(17)19-10-4-2-9(14)3-5-10/h2-8H,1H3,(H,15,16,17). The lowest BCUT2D eigenvalue weighted by Crippen LogP contribution is -2.17. The molecule has 19 heavy (non-hydrogen) atoms. The van der Waals surface area contributed by atoms with Crippen LogP contribution in [-0.2, 0) is 0 Å². The van der Waals surface area contributed by atoms with E-state index in [1.54, 1.807) is 36.4 Å². The van der Waals surface area contributed by atoms with Crippen molar-refractivity contribution < 1.29 is 14.3 Å². The molecule has 5 nitrogen and oxygen atoms in total.